The molecule has 1 aliphatic rings. The van der Waals surface area contributed by atoms with Gasteiger partial charge in [0, 0.05) is 17.5 Å². The molecule has 0 unspecified atom stereocenters. The average molecular weight is 546 g/mol. The highest BCUT2D eigenvalue weighted by Gasteiger charge is 2.35. The van der Waals surface area contributed by atoms with Crippen LogP contribution in [-0.2, 0) is 17.4 Å². The lowest BCUT2D eigenvalue weighted by Crippen LogP contribution is -2.28. The van der Waals surface area contributed by atoms with E-state index in [1.165, 1.54) is 18.2 Å². The second-order valence-corrected chi connectivity index (χ2v) is 9.49. The Kier molecular flexibility index (Phi) is 7.55. The van der Waals surface area contributed by atoms with Crippen molar-refractivity contribution in [2.75, 3.05) is 5.32 Å². The predicted molar refractivity (Wildman–Crippen MR) is 145 cm³/mol. The van der Waals surface area contributed by atoms with Crippen molar-refractivity contribution in [3.8, 4) is 0 Å². The highest BCUT2D eigenvalue weighted by Crippen LogP contribution is 2.36. The molecule has 0 saturated heterocycles. The van der Waals surface area contributed by atoms with Crippen molar-refractivity contribution in [1.29, 1.82) is 0 Å². The number of furan rings is 1. The number of fused-ring (bicyclic) bond motifs is 1. The van der Waals surface area contributed by atoms with Gasteiger partial charge in [0.05, 0.1) is 22.9 Å². The average Bonchev–Trinajstić information content (AvgIpc) is 3.30. The molecule has 204 valence electrons. The first-order valence-electron chi connectivity index (χ1n) is 12.8. The van der Waals surface area contributed by atoms with Gasteiger partial charge in [-0.15, -0.1) is 0 Å². The van der Waals surface area contributed by atoms with Gasteiger partial charge in [0.2, 0.25) is 0 Å². The number of nitrogens with one attached hydrogen (secondary N) is 2. The van der Waals surface area contributed by atoms with Gasteiger partial charge in [-0.2, -0.15) is 18.3 Å². The van der Waals surface area contributed by atoms with Crippen LogP contribution in [0.3, 0.4) is 0 Å². The first-order chi connectivity index (χ1) is 19.2. The Hall–Kier alpha value is -4.66. The molecule has 1 heterocycles. The summed E-state index contributed by atoms with van der Waals surface area (Å²) < 4.78 is 46.1. The number of carbonyl (C=O) groups excluding carboxylic acids is 2. The number of carbonyl (C=O) groups is 2. The third-order valence-electron chi connectivity index (χ3n) is 6.84. The van der Waals surface area contributed by atoms with E-state index in [9.17, 15) is 22.8 Å². The molecule has 5 rings (SSSR count). The number of benzene rings is 3. The molecule has 2 N–H and O–H groups in total. The molecule has 0 atom stereocenters. The van der Waals surface area contributed by atoms with Gasteiger partial charge in [-0.3, -0.25) is 9.59 Å². The zero-order chi connectivity index (χ0) is 28.3. The number of halogens is 3. The molecule has 4 aromatic rings. The standard InChI is InChI=1S/C31H26F3N3O3/c1-19-26-24(36-37-29(38)27(20-11-4-2-5-12-20)21-13-6-3-7-14-21)17-10-18-25(26)40-28(19)30(39)35-23-16-9-8-15-22(23)31(32,33)34/h2-9,11-16,27H,10,17-18H2,1H3,(H,35,39)(H,37,38)/b36-24+. The number of alkyl halides is 3. The fourth-order valence-electron chi connectivity index (χ4n) is 4.99. The minimum Gasteiger partial charge on any atom is -0.455 e. The Morgan fingerprint density at radius 1 is 0.875 bits per heavy atom. The minimum atomic E-state index is -4.63. The zero-order valence-electron chi connectivity index (χ0n) is 21.6. The van der Waals surface area contributed by atoms with Gasteiger partial charge in [0.25, 0.3) is 11.8 Å². The topological polar surface area (TPSA) is 83.7 Å². The monoisotopic (exact) mass is 545 g/mol. The fourth-order valence-corrected chi connectivity index (χ4v) is 4.99. The van der Waals surface area contributed by atoms with Crippen molar-refractivity contribution < 1.29 is 27.2 Å². The van der Waals surface area contributed by atoms with E-state index in [0.717, 1.165) is 17.2 Å². The van der Waals surface area contributed by atoms with Crippen molar-refractivity contribution in [2.24, 2.45) is 5.10 Å². The summed E-state index contributed by atoms with van der Waals surface area (Å²) in [6, 6.07) is 23.5. The molecular formula is C31H26F3N3O3. The summed E-state index contributed by atoms with van der Waals surface area (Å²) >= 11 is 0. The van der Waals surface area contributed by atoms with E-state index < -0.39 is 23.6 Å². The van der Waals surface area contributed by atoms with Gasteiger partial charge < -0.3 is 9.73 Å². The van der Waals surface area contributed by atoms with Crippen LogP contribution in [0.25, 0.3) is 0 Å². The number of nitrogens with zero attached hydrogens (tertiary/aromatic N) is 1. The van der Waals surface area contributed by atoms with E-state index in [0.29, 0.717) is 41.9 Å². The van der Waals surface area contributed by atoms with Crippen molar-refractivity contribution in [3.63, 3.8) is 0 Å². The molecule has 0 saturated carbocycles. The van der Waals surface area contributed by atoms with E-state index in [4.69, 9.17) is 4.42 Å². The van der Waals surface area contributed by atoms with Crippen LogP contribution in [0, 0.1) is 6.92 Å². The van der Waals surface area contributed by atoms with Gasteiger partial charge in [-0.05, 0) is 43.0 Å². The summed E-state index contributed by atoms with van der Waals surface area (Å²) in [7, 11) is 0. The van der Waals surface area contributed by atoms with Crippen LogP contribution < -0.4 is 10.7 Å². The van der Waals surface area contributed by atoms with E-state index in [1.807, 2.05) is 60.7 Å². The van der Waals surface area contributed by atoms with Crippen molar-refractivity contribution in [1.82, 2.24) is 5.43 Å². The van der Waals surface area contributed by atoms with Gasteiger partial charge in [-0.25, -0.2) is 5.43 Å². The molecule has 0 fully saturated rings. The van der Waals surface area contributed by atoms with E-state index >= 15 is 0 Å². The number of hydrazone groups is 1. The number of para-hydroxylation sites is 1. The molecule has 3 aromatic carbocycles. The Morgan fingerprint density at radius 2 is 1.48 bits per heavy atom. The lowest BCUT2D eigenvalue weighted by Gasteiger charge is -2.18. The summed E-state index contributed by atoms with van der Waals surface area (Å²) in [6.45, 7) is 1.66. The number of hydrogen-bond acceptors (Lipinski definition) is 4. The van der Waals surface area contributed by atoms with Crippen LogP contribution in [0.2, 0.25) is 0 Å². The minimum absolute atomic E-state index is 0.0886. The summed E-state index contributed by atoms with van der Waals surface area (Å²) in [5, 5.41) is 6.77. The number of anilines is 1. The lowest BCUT2D eigenvalue weighted by atomic mass is 9.90. The Bertz CT molecular complexity index is 1520. The number of hydrogen-bond donors (Lipinski definition) is 2. The summed E-state index contributed by atoms with van der Waals surface area (Å²) in [5.41, 5.74) is 4.61. The second kappa shape index (κ2) is 11.2. The van der Waals surface area contributed by atoms with Crippen LogP contribution in [0.15, 0.2) is 94.4 Å². The third-order valence-corrected chi connectivity index (χ3v) is 6.84. The quantitative estimate of drug-likeness (QED) is 0.260. The van der Waals surface area contributed by atoms with E-state index in [2.05, 4.69) is 15.8 Å². The highest BCUT2D eigenvalue weighted by molar-refractivity contribution is 6.09. The summed E-state index contributed by atoms with van der Waals surface area (Å²) in [4.78, 5) is 26.4. The predicted octanol–water partition coefficient (Wildman–Crippen LogP) is 6.85. The molecule has 1 aliphatic carbocycles. The van der Waals surface area contributed by atoms with Crippen molar-refractivity contribution in [3.05, 3.63) is 124 Å². The normalized spacial score (nSPS) is 14.2. The number of aryl methyl sites for hydroxylation is 1. The maximum Gasteiger partial charge on any atom is 0.418 e. The first kappa shape index (κ1) is 26.9. The Balaban J connectivity index is 1.41. The first-order valence-corrected chi connectivity index (χ1v) is 12.8. The lowest BCUT2D eigenvalue weighted by molar-refractivity contribution is -0.137. The van der Waals surface area contributed by atoms with Gasteiger partial charge in [0.1, 0.15) is 5.76 Å². The Morgan fingerprint density at radius 3 is 2.10 bits per heavy atom. The smallest absolute Gasteiger partial charge is 0.418 e. The van der Waals surface area contributed by atoms with Crippen LogP contribution in [0.4, 0.5) is 18.9 Å². The van der Waals surface area contributed by atoms with Crippen molar-refractivity contribution >= 4 is 23.2 Å². The third kappa shape index (κ3) is 5.54. The molecule has 0 spiro atoms. The molecule has 40 heavy (non-hydrogen) atoms. The Labute approximate surface area is 228 Å². The summed E-state index contributed by atoms with van der Waals surface area (Å²) in [6.07, 6.45) is -2.89. The van der Waals surface area contributed by atoms with Crippen LogP contribution in [0.1, 0.15) is 62.9 Å². The number of amides is 2. The molecule has 0 aliphatic heterocycles. The molecular weight excluding hydrogens is 519 g/mol. The fraction of sp³-hybridized carbons (Fsp3) is 0.194. The van der Waals surface area contributed by atoms with Gasteiger partial charge in [0.15, 0.2) is 5.76 Å². The van der Waals surface area contributed by atoms with Gasteiger partial charge in [-0.1, -0.05) is 72.8 Å². The van der Waals surface area contributed by atoms with Crippen molar-refractivity contribution in [2.45, 2.75) is 38.3 Å². The van der Waals surface area contributed by atoms with Crippen LogP contribution in [-0.4, -0.2) is 17.5 Å². The molecule has 6 nitrogen and oxygen atoms in total. The molecule has 9 heteroatoms. The van der Waals surface area contributed by atoms with Crippen LogP contribution in [0.5, 0.6) is 0 Å². The molecule has 2 amide bonds. The highest BCUT2D eigenvalue weighted by atomic mass is 19.4. The SMILES string of the molecule is Cc1c(C(=O)Nc2ccccc2C(F)(F)F)oc2c1/C(=N/NC(=O)C(c1ccccc1)c1ccccc1)CCC2. The van der Waals surface area contributed by atoms with E-state index in [1.54, 1.807) is 6.92 Å². The second-order valence-electron chi connectivity index (χ2n) is 9.49. The maximum absolute atomic E-state index is 13.4. The largest absolute Gasteiger partial charge is 0.455 e. The van der Waals surface area contributed by atoms with E-state index in [-0.39, 0.29) is 17.4 Å². The maximum atomic E-state index is 13.4. The summed E-state index contributed by atoms with van der Waals surface area (Å²) in [5.74, 6) is -1.28. The molecule has 0 radical (unpaired) electrons. The zero-order valence-corrected chi connectivity index (χ0v) is 21.6. The molecule has 0 bridgehead atoms. The number of rotatable bonds is 6. The van der Waals surface area contributed by atoms with Crippen LogP contribution >= 0.6 is 0 Å². The van der Waals surface area contributed by atoms with Gasteiger partial charge >= 0.3 is 6.18 Å². The molecule has 1 aromatic heterocycles.